The third-order valence-corrected chi connectivity index (χ3v) is 4.19. The van der Waals surface area contributed by atoms with E-state index in [0.29, 0.717) is 5.56 Å². The second kappa shape index (κ2) is 5.91. The molecule has 0 bridgehead atoms. The van der Waals surface area contributed by atoms with Gasteiger partial charge in [0.05, 0.1) is 9.83 Å². The second-order valence-electron chi connectivity index (χ2n) is 3.84. The van der Waals surface area contributed by atoms with Gasteiger partial charge in [-0.25, -0.2) is 8.78 Å². The van der Waals surface area contributed by atoms with Crippen LogP contribution in [0.4, 0.5) is 8.78 Å². The predicted molar refractivity (Wildman–Crippen MR) is 73.9 cm³/mol. The number of rotatable bonds is 4. The third-order valence-electron chi connectivity index (χ3n) is 2.50. The van der Waals surface area contributed by atoms with Crippen molar-refractivity contribution in [3.63, 3.8) is 0 Å². The molecule has 0 spiro atoms. The van der Waals surface area contributed by atoms with Crippen molar-refractivity contribution in [1.82, 2.24) is 5.32 Å². The van der Waals surface area contributed by atoms with Crippen molar-refractivity contribution >= 4 is 27.3 Å². The molecule has 0 saturated carbocycles. The molecule has 1 nitrogen and oxygen atoms in total. The summed E-state index contributed by atoms with van der Waals surface area (Å²) in [4.78, 5) is 1.02. The summed E-state index contributed by atoms with van der Waals surface area (Å²) in [7, 11) is 0. The van der Waals surface area contributed by atoms with E-state index in [-0.39, 0.29) is 6.04 Å². The normalized spacial score (nSPS) is 12.7. The van der Waals surface area contributed by atoms with E-state index in [0.717, 1.165) is 21.3 Å². The predicted octanol–water partition coefficient (Wildman–Crippen LogP) is 4.49. The average molecular weight is 332 g/mol. The zero-order valence-electron chi connectivity index (χ0n) is 9.71. The van der Waals surface area contributed by atoms with Crippen LogP contribution in [0.5, 0.6) is 0 Å². The maximum absolute atomic E-state index is 13.3. The Morgan fingerprint density at radius 2 is 1.89 bits per heavy atom. The Morgan fingerprint density at radius 1 is 1.22 bits per heavy atom. The zero-order chi connectivity index (χ0) is 13.1. The summed E-state index contributed by atoms with van der Waals surface area (Å²) in [5.74, 6) is -1.10. The quantitative estimate of drug-likeness (QED) is 0.870. The van der Waals surface area contributed by atoms with Crippen LogP contribution in [0.15, 0.2) is 34.1 Å². The Hall–Kier alpha value is -0.780. The number of benzene rings is 1. The summed E-state index contributed by atoms with van der Waals surface area (Å²) >= 11 is 4.95. The number of hydrogen-bond acceptors (Lipinski definition) is 2. The molecule has 18 heavy (non-hydrogen) atoms. The fourth-order valence-electron chi connectivity index (χ4n) is 1.81. The van der Waals surface area contributed by atoms with Crippen LogP contribution < -0.4 is 5.32 Å². The van der Waals surface area contributed by atoms with Crippen molar-refractivity contribution in [3.8, 4) is 0 Å². The molecule has 1 aromatic carbocycles. The van der Waals surface area contributed by atoms with Gasteiger partial charge in [0.1, 0.15) is 11.6 Å². The average Bonchev–Trinajstić information content (AvgIpc) is 2.71. The van der Waals surface area contributed by atoms with Crippen LogP contribution >= 0.6 is 27.3 Å². The smallest absolute Gasteiger partial charge is 0.126 e. The molecule has 0 aliphatic rings. The second-order valence-corrected chi connectivity index (χ2v) is 6.33. The molecular weight excluding hydrogens is 320 g/mol. The highest BCUT2D eigenvalue weighted by Gasteiger charge is 2.16. The molecule has 0 saturated heterocycles. The largest absolute Gasteiger partial charge is 0.306 e. The molecular formula is C13H12BrF2NS. The van der Waals surface area contributed by atoms with E-state index in [2.05, 4.69) is 21.2 Å². The Balaban J connectivity index is 2.40. The molecule has 1 unspecified atom stereocenters. The molecule has 2 aromatic rings. The van der Waals surface area contributed by atoms with Crippen LogP contribution in [-0.2, 0) is 0 Å². The first-order chi connectivity index (χ1) is 8.60. The van der Waals surface area contributed by atoms with Crippen molar-refractivity contribution in [1.29, 1.82) is 0 Å². The lowest BCUT2D eigenvalue weighted by Crippen LogP contribution is -2.21. The first kappa shape index (κ1) is 13.6. The Labute approximate surface area is 117 Å². The molecule has 96 valence electrons. The first-order valence-corrected chi connectivity index (χ1v) is 7.15. The maximum atomic E-state index is 13.3. The number of hydrogen-bond donors (Lipinski definition) is 1. The minimum atomic E-state index is -0.552. The van der Waals surface area contributed by atoms with Gasteiger partial charge in [-0.05, 0) is 52.3 Å². The Bertz CT molecular complexity index is 521. The van der Waals surface area contributed by atoms with Gasteiger partial charge in [0.25, 0.3) is 0 Å². The molecule has 0 fully saturated rings. The third kappa shape index (κ3) is 3.16. The van der Waals surface area contributed by atoms with Crippen molar-refractivity contribution in [2.75, 3.05) is 6.54 Å². The van der Waals surface area contributed by atoms with Crippen molar-refractivity contribution in [2.45, 2.75) is 13.0 Å². The Morgan fingerprint density at radius 3 is 2.39 bits per heavy atom. The van der Waals surface area contributed by atoms with E-state index in [1.54, 1.807) is 11.3 Å². The van der Waals surface area contributed by atoms with Gasteiger partial charge < -0.3 is 5.32 Å². The van der Waals surface area contributed by atoms with Gasteiger partial charge in [-0.1, -0.05) is 6.92 Å². The summed E-state index contributed by atoms with van der Waals surface area (Å²) in [6.45, 7) is 2.68. The van der Waals surface area contributed by atoms with Gasteiger partial charge >= 0.3 is 0 Å². The molecule has 5 heteroatoms. The number of nitrogens with one attached hydrogen (secondary N) is 1. The fourth-order valence-corrected chi connectivity index (χ4v) is 3.34. The van der Waals surface area contributed by atoms with Crippen LogP contribution in [0.1, 0.15) is 23.4 Å². The Kier molecular flexibility index (Phi) is 4.48. The zero-order valence-corrected chi connectivity index (χ0v) is 12.1. The molecule has 0 amide bonds. The topological polar surface area (TPSA) is 12.0 Å². The van der Waals surface area contributed by atoms with Gasteiger partial charge in [-0.15, -0.1) is 11.3 Å². The van der Waals surface area contributed by atoms with Crippen molar-refractivity contribution < 1.29 is 8.78 Å². The van der Waals surface area contributed by atoms with Crippen molar-refractivity contribution in [2.24, 2.45) is 0 Å². The SMILES string of the molecule is CCNC(c1cc(F)cc(F)c1)c1ccc(Br)s1. The minimum absolute atomic E-state index is 0.184. The first-order valence-electron chi connectivity index (χ1n) is 5.54. The van der Waals surface area contributed by atoms with Crippen molar-refractivity contribution in [3.05, 3.63) is 56.2 Å². The maximum Gasteiger partial charge on any atom is 0.126 e. The summed E-state index contributed by atoms with van der Waals surface area (Å²) in [5.41, 5.74) is 0.601. The van der Waals surface area contributed by atoms with Gasteiger partial charge in [0.2, 0.25) is 0 Å². The van der Waals surface area contributed by atoms with Crippen LogP contribution in [0.25, 0.3) is 0 Å². The van der Waals surface area contributed by atoms with E-state index in [4.69, 9.17) is 0 Å². The van der Waals surface area contributed by atoms with Gasteiger partial charge in [-0.2, -0.15) is 0 Å². The van der Waals surface area contributed by atoms with E-state index in [1.807, 2.05) is 19.1 Å². The standard InChI is InChI=1S/C13H12BrF2NS/c1-2-17-13(11-3-4-12(14)18-11)8-5-9(15)7-10(16)6-8/h3-7,13,17H,2H2,1H3. The van der Waals surface area contributed by atoms with E-state index < -0.39 is 11.6 Å². The fraction of sp³-hybridized carbons (Fsp3) is 0.231. The minimum Gasteiger partial charge on any atom is -0.306 e. The highest BCUT2D eigenvalue weighted by molar-refractivity contribution is 9.11. The lowest BCUT2D eigenvalue weighted by molar-refractivity contribution is 0.567. The van der Waals surface area contributed by atoms with Gasteiger partial charge in [-0.3, -0.25) is 0 Å². The van der Waals surface area contributed by atoms with Crippen LogP contribution in [0, 0.1) is 11.6 Å². The molecule has 1 heterocycles. The van der Waals surface area contributed by atoms with Crippen LogP contribution in [0.2, 0.25) is 0 Å². The molecule has 1 N–H and O–H groups in total. The summed E-state index contributed by atoms with van der Waals surface area (Å²) in [6.07, 6.45) is 0. The summed E-state index contributed by atoms with van der Waals surface area (Å²) < 4.78 is 27.5. The molecule has 0 radical (unpaired) electrons. The van der Waals surface area contributed by atoms with E-state index >= 15 is 0 Å². The molecule has 2 rings (SSSR count). The molecule has 0 aliphatic carbocycles. The molecule has 1 atom stereocenters. The number of thiophene rings is 1. The lowest BCUT2D eigenvalue weighted by atomic mass is 10.0. The van der Waals surface area contributed by atoms with Crippen LogP contribution in [-0.4, -0.2) is 6.54 Å². The van der Waals surface area contributed by atoms with Gasteiger partial charge in [0, 0.05) is 10.9 Å². The summed E-state index contributed by atoms with van der Waals surface area (Å²) in [5, 5.41) is 3.24. The highest BCUT2D eigenvalue weighted by atomic mass is 79.9. The molecule has 1 aromatic heterocycles. The molecule has 0 aliphatic heterocycles. The lowest BCUT2D eigenvalue weighted by Gasteiger charge is -2.17. The highest BCUT2D eigenvalue weighted by Crippen LogP contribution is 2.31. The van der Waals surface area contributed by atoms with Gasteiger partial charge in [0.15, 0.2) is 0 Å². The van der Waals surface area contributed by atoms with E-state index in [1.165, 1.54) is 12.1 Å². The van der Waals surface area contributed by atoms with Crippen LogP contribution in [0.3, 0.4) is 0 Å². The van der Waals surface area contributed by atoms with E-state index in [9.17, 15) is 8.78 Å². The monoisotopic (exact) mass is 331 g/mol. The number of halogens is 3. The summed E-state index contributed by atoms with van der Waals surface area (Å²) in [6, 6.07) is 7.31.